The molecule has 0 fully saturated rings. The molecule has 2 N–H and O–H groups in total. The number of carbonyl (C=O) groups is 2. The van der Waals surface area contributed by atoms with Gasteiger partial charge in [0.2, 0.25) is 5.91 Å². The Morgan fingerprint density at radius 2 is 2.00 bits per heavy atom. The molecule has 1 aliphatic carbocycles. The van der Waals surface area contributed by atoms with E-state index in [1.165, 1.54) is 7.11 Å². The summed E-state index contributed by atoms with van der Waals surface area (Å²) in [5, 5.41) is 5.53. The van der Waals surface area contributed by atoms with E-state index in [0.717, 1.165) is 30.5 Å². The van der Waals surface area contributed by atoms with Gasteiger partial charge >= 0.3 is 6.09 Å². The lowest BCUT2D eigenvalue weighted by Gasteiger charge is -2.17. The SMILES string of the molecule is COC(=O)NCc1ccc(NC(=O)[C@@H]2CC=CCC2)cc1. The van der Waals surface area contributed by atoms with Crippen molar-refractivity contribution < 1.29 is 14.3 Å². The van der Waals surface area contributed by atoms with Gasteiger partial charge in [0.05, 0.1) is 7.11 Å². The van der Waals surface area contributed by atoms with Gasteiger partial charge in [-0.1, -0.05) is 24.3 Å². The molecule has 5 nitrogen and oxygen atoms in total. The molecule has 2 rings (SSSR count). The number of amides is 2. The first-order valence-corrected chi connectivity index (χ1v) is 7.05. The van der Waals surface area contributed by atoms with E-state index in [1.54, 1.807) is 0 Å². The minimum absolute atomic E-state index is 0.0654. The second-order valence-corrected chi connectivity index (χ2v) is 5.01. The minimum atomic E-state index is -0.460. The van der Waals surface area contributed by atoms with E-state index in [1.807, 2.05) is 24.3 Å². The van der Waals surface area contributed by atoms with Crippen LogP contribution >= 0.6 is 0 Å². The Balaban J connectivity index is 1.85. The van der Waals surface area contributed by atoms with Crippen LogP contribution in [0.5, 0.6) is 0 Å². The predicted octanol–water partition coefficient (Wildman–Crippen LogP) is 2.84. The lowest BCUT2D eigenvalue weighted by atomic mass is 9.93. The van der Waals surface area contributed by atoms with Crippen molar-refractivity contribution >= 4 is 17.7 Å². The first kappa shape index (κ1) is 15.1. The van der Waals surface area contributed by atoms with E-state index >= 15 is 0 Å². The molecule has 1 aromatic rings. The third-order valence-corrected chi connectivity index (χ3v) is 3.48. The molecule has 112 valence electrons. The Bertz CT molecular complexity index is 523. The number of ether oxygens (including phenoxy) is 1. The summed E-state index contributed by atoms with van der Waals surface area (Å²) < 4.78 is 4.50. The fourth-order valence-electron chi connectivity index (χ4n) is 2.23. The van der Waals surface area contributed by atoms with Crippen molar-refractivity contribution in [3.8, 4) is 0 Å². The fraction of sp³-hybridized carbons (Fsp3) is 0.375. The van der Waals surface area contributed by atoms with Crippen LogP contribution in [0.15, 0.2) is 36.4 Å². The van der Waals surface area contributed by atoms with Crippen LogP contribution in [0.25, 0.3) is 0 Å². The summed E-state index contributed by atoms with van der Waals surface area (Å²) in [4.78, 5) is 23.1. The molecule has 21 heavy (non-hydrogen) atoms. The van der Waals surface area contributed by atoms with Crippen molar-refractivity contribution in [2.75, 3.05) is 12.4 Å². The summed E-state index contributed by atoms with van der Waals surface area (Å²) in [6, 6.07) is 7.41. The number of hydrogen-bond donors (Lipinski definition) is 2. The van der Waals surface area contributed by atoms with Gasteiger partial charge in [0.15, 0.2) is 0 Å². The number of nitrogens with one attached hydrogen (secondary N) is 2. The van der Waals surface area contributed by atoms with Gasteiger partial charge in [-0.15, -0.1) is 0 Å². The largest absolute Gasteiger partial charge is 0.453 e. The van der Waals surface area contributed by atoms with Crippen LogP contribution < -0.4 is 10.6 Å². The van der Waals surface area contributed by atoms with Gasteiger partial charge in [0.1, 0.15) is 0 Å². The van der Waals surface area contributed by atoms with Gasteiger partial charge < -0.3 is 15.4 Å². The topological polar surface area (TPSA) is 67.4 Å². The van der Waals surface area contributed by atoms with E-state index in [4.69, 9.17) is 0 Å². The quantitative estimate of drug-likeness (QED) is 0.837. The number of hydrogen-bond acceptors (Lipinski definition) is 3. The summed E-state index contributed by atoms with van der Waals surface area (Å²) in [7, 11) is 1.33. The van der Waals surface area contributed by atoms with Crippen LogP contribution in [0.1, 0.15) is 24.8 Å². The molecule has 0 unspecified atom stereocenters. The van der Waals surface area contributed by atoms with E-state index in [0.29, 0.717) is 6.54 Å². The fourth-order valence-corrected chi connectivity index (χ4v) is 2.23. The van der Waals surface area contributed by atoms with E-state index in [9.17, 15) is 9.59 Å². The zero-order chi connectivity index (χ0) is 15.1. The predicted molar refractivity (Wildman–Crippen MR) is 80.8 cm³/mol. The van der Waals surface area contributed by atoms with Gasteiger partial charge in [-0.3, -0.25) is 4.79 Å². The molecule has 0 spiro atoms. The molecule has 0 bridgehead atoms. The van der Waals surface area contributed by atoms with Crippen molar-refractivity contribution in [1.82, 2.24) is 5.32 Å². The molecule has 0 aliphatic heterocycles. The van der Waals surface area contributed by atoms with Gasteiger partial charge in [0.25, 0.3) is 0 Å². The molecular weight excluding hydrogens is 268 g/mol. The Morgan fingerprint density at radius 1 is 1.24 bits per heavy atom. The first-order valence-electron chi connectivity index (χ1n) is 7.05. The number of rotatable bonds is 4. The maximum Gasteiger partial charge on any atom is 0.407 e. The van der Waals surface area contributed by atoms with Gasteiger partial charge in [-0.05, 0) is 37.0 Å². The highest BCUT2D eigenvalue weighted by Crippen LogP contribution is 2.20. The molecule has 2 amide bonds. The standard InChI is InChI=1S/C16H20N2O3/c1-21-16(20)17-11-12-7-9-14(10-8-12)18-15(19)13-5-3-2-4-6-13/h2-3,7-10,13H,4-6,11H2,1H3,(H,17,20)(H,18,19)/t13-/m1/s1. The monoisotopic (exact) mass is 288 g/mol. The maximum absolute atomic E-state index is 12.1. The molecule has 0 saturated heterocycles. The van der Waals surface area contributed by atoms with Gasteiger partial charge in [0, 0.05) is 18.2 Å². The van der Waals surface area contributed by atoms with E-state index < -0.39 is 6.09 Å². The molecule has 1 aliphatic rings. The Kier molecular flexibility index (Phi) is 5.37. The average molecular weight is 288 g/mol. The van der Waals surface area contributed by atoms with Crippen LogP contribution in [0.3, 0.4) is 0 Å². The Morgan fingerprint density at radius 3 is 2.62 bits per heavy atom. The smallest absolute Gasteiger partial charge is 0.407 e. The van der Waals surface area contributed by atoms with Crippen molar-refractivity contribution in [2.24, 2.45) is 5.92 Å². The normalized spacial score (nSPS) is 17.1. The maximum atomic E-state index is 12.1. The zero-order valence-corrected chi connectivity index (χ0v) is 12.1. The summed E-state index contributed by atoms with van der Waals surface area (Å²) in [6.07, 6.45) is 6.41. The molecular formula is C16H20N2O3. The van der Waals surface area contributed by atoms with Crippen molar-refractivity contribution in [1.29, 1.82) is 0 Å². The highest BCUT2D eigenvalue weighted by molar-refractivity contribution is 5.92. The Labute approximate surface area is 124 Å². The molecule has 1 atom stereocenters. The number of methoxy groups -OCH3 is 1. The number of allylic oxidation sites excluding steroid dienone is 2. The van der Waals surface area contributed by atoms with E-state index in [2.05, 4.69) is 27.5 Å². The average Bonchev–Trinajstić information content (AvgIpc) is 2.54. The summed E-state index contributed by atoms with van der Waals surface area (Å²) in [5.41, 5.74) is 1.72. The van der Waals surface area contributed by atoms with Crippen molar-refractivity contribution in [3.05, 3.63) is 42.0 Å². The molecule has 0 saturated carbocycles. The van der Waals surface area contributed by atoms with Crippen molar-refractivity contribution in [2.45, 2.75) is 25.8 Å². The highest BCUT2D eigenvalue weighted by Gasteiger charge is 2.18. The number of anilines is 1. The Hall–Kier alpha value is -2.30. The second kappa shape index (κ2) is 7.47. The number of carbonyl (C=O) groups excluding carboxylic acids is 2. The molecule has 1 aromatic carbocycles. The summed E-state index contributed by atoms with van der Waals surface area (Å²) in [6.45, 7) is 0.397. The summed E-state index contributed by atoms with van der Waals surface area (Å²) >= 11 is 0. The first-order chi connectivity index (χ1) is 10.2. The van der Waals surface area contributed by atoms with Crippen LogP contribution in [0, 0.1) is 5.92 Å². The lowest BCUT2D eigenvalue weighted by Crippen LogP contribution is -2.23. The second-order valence-electron chi connectivity index (χ2n) is 5.01. The van der Waals surface area contributed by atoms with Crippen molar-refractivity contribution in [3.63, 3.8) is 0 Å². The number of benzene rings is 1. The lowest BCUT2D eigenvalue weighted by molar-refractivity contribution is -0.120. The summed E-state index contributed by atoms with van der Waals surface area (Å²) in [5.74, 6) is 0.135. The molecule has 0 radical (unpaired) electrons. The van der Waals surface area contributed by atoms with Gasteiger partial charge in [-0.25, -0.2) is 4.79 Å². The van der Waals surface area contributed by atoms with Crippen LogP contribution in [0.2, 0.25) is 0 Å². The van der Waals surface area contributed by atoms with Crippen LogP contribution in [0.4, 0.5) is 10.5 Å². The third kappa shape index (κ3) is 4.63. The van der Waals surface area contributed by atoms with Crippen LogP contribution in [-0.2, 0) is 16.1 Å². The molecule has 0 aromatic heterocycles. The van der Waals surface area contributed by atoms with E-state index in [-0.39, 0.29) is 11.8 Å². The number of alkyl carbamates (subject to hydrolysis) is 1. The molecule has 5 heteroatoms. The minimum Gasteiger partial charge on any atom is -0.453 e. The zero-order valence-electron chi connectivity index (χ0n) is 12.1. The third-order valence-electron chi connectivity index (χ3n) is 3.48. The van der Waals surface area contributed by atoms with Crippen LogP contribution in [-0.4, -0.2) is 19.1 Å². The van der Waals surface area contributed by atoms with Gasteiger partial charge in [-0.2, -0.15) is 0 Å². The molecule has 0 heterocycles. The highest BCUT2D eigenvalue weighted by atomic mass is 16.5.